The molecule has 1 saturated heterocycles. The number of piperidine rings is 1. The molecule has 0 radical (unpaired) electrons. The number of ether oxygens (including phenoxy) is 1. The normalized spacial score (nSPS) is 21.7. The summed E-state index contributed by atoms with van der Waals surface area (Å²) in [6, 6.07) is 4.65. The van der Waals surface area contributed by atoms with Gasteiger partial charge in [0.25, 0.3) is 11.8 Å². The summed E-state index contributed by atoms with van der Waals surface area (Å²) in [6.07, 6.45) is -8.25. The monoisotopic (exact) mass is 747 g/mol. The summed E-state index contributed by atoms with van der Waals surface area (Å²) in [7, 11) is 0. The highest BCUT2D eigenvalue weighted by molar-refractivity contribution is 9.10. The molecule has 1 fully saturated rings. The number of carbonyl (C=O) groups is 3. The van der Waals surface area contributed by atoms with Crippen molar-refractivity contribution in [2.45, 2.75) is 69.1 Å². The molecule has 16 heteroatoms. The Kier molecular flexibility index (Phi) is 9.66. The standard InChI is InChI=1S/C31H28BrF6N3O5S/c1-2-5-22-29(46-19-15-23(47-16-19)31(36,37)38,10-4-12-40(22)26(42)24-21(30(33,34)35)6-3-11-39-24)28(45)41-13-9-17-7-8-18(32)14-20(17)25(41)27(43)44/h3,6-8,11,14-16,22,25H,2,4-5,9-10,12-13H2,1H3,(H,43,44)/t22-,25-,29+/m1/s1. The van der Waals surface area contributed by atoms with Crippen molar-refractivity contribution in [3.05, 3.63) is 79.7 Å². The molecule has 2 aliphatic heterocycles. The third kappa shape index (κ3) is 6.71. The van der Waals surface area contributed by atoms with Crippen molar-refractivity contribution in [1.29, 1.82) is 0 Å². The SMILES string of the molecule is CCC[C@H]1N(C(=O)c2ncccc2C(F)(F)F)CCC[C@@]1(Oc1csc(C(F)(F)F)c1)C(=O)N1CCc2ccc(Br)cc2[C@@H]1C(=O)O. The zero-order valence-corrected chi connectivity index (χ0v) is 27.1. The summed E-state index contributed by atoms with van der Waals surface area (Å²) < 4.78 is 89.4. The van der Waals surface area contributed by atoms with E-state index in [2.05, 4.69) is 20.9 Å². The Morgan fingerprint density at radius 3 is 2.47 bits per heavy atom. The number of likely N-dealkylation sites (tertiary alicyclic amines) is 1. The van der Waals surface area contributed by atoms with Crippen molar-refractivity contribution in [3.8, 4) is 5.75 Å². The summed E-state index contributed by atoms with van der Waals surface area (Å²) >= 11 is 3.65. The molecule has 252 valence electrons. The van der Waals surface area contributed by atoms with Crippen LogP contribution in [0.1, 0.15) is 70.7 Å². The zero-order chi connectivity index (χ0) is 34.3. The fraction of sp³-hybridized carbons (Fsp3) is 0.419. The van der Waals surface area contributed by atoms with Gasteiger partial charge in [-0.05, 0) is 54.7 Å². The van der Waals surface area contributed by atoms with Crippen molar-refractivity contribution in [2.75, 3.05) is 13.1 Å². The minimum Gasteiger partial charge on any atom is -0.479 e. The first kappa shape index (κ1) is 34.7. The Hall–Kier alpha value is -3.66. The van der Waals surface area contributed by atoms with Gasteiger partial charge >= 0.3 is 18.3 Å². The lowest BCUT2D eigenvalue weighted by molar-refractivity contribution is -0.168. The van der Waals surface area contributed by atoms with E-state index < -0.39 is 64.0 Å². The number of aliphatic carboxylic acids is 1. The second-order valence-electron chi connectivity index (χ2n) is 11.3. The van der Waals surface area contributed by atoms with Crippen LogP contribution in [0.4, 0.5) is 26.3 Å². The van der Waals surface area contributed by atoms with Gasteiger partial charge in [-0.25, -0.2) is 4.79 Å². The van der Waals surface area contributed by atoms with Crippen LogP contribution in [-0.4, -0.2) is 62.4 Å². The van der Waals surface area contributed by atoms with Crippen LogP contribution >= 0.6 is 27.3 Å². The Morgan fingerprint density at radius 2 is 1.83 bits per heavy atom. The van der Waals surface area contributed by atoms with E-state index in [1.54, 1.807) is 25.1 Å². The fourth-order valence-corrected chi connectivity index (χ4v) is 7.45. The van der Waals surface area contributed by atoms with E-state index >= 15 is 0 Å². The summed E-state index contributed by atoms with van der Waals surface area (Å²) in [4.78, 5) is 46.4. The van der Waals surface area contributed by atoms with E-state index in [4.69, 9.17) is 4.74 Å². The van der Waals surface area contributed by atoms with Crippen LogP contribution in [0.25, 0.3) is 0 Å². The van der Waals surface area contributed by atoms with E-state index in [9.17, 15) is 45.8 Å². The summed E-state index contributed by atoms with van der Waals surface area (Å²) in [5.74, 6) is -3.75. The van der Waals surface area contributed by atoms with Crippen LogP contribution < -0.4 is 4.74 Å². The van der Waals surface area contributed by atoms with Crippen molar-refractivity contribution in [2.24, 2.45) is 0 Å². The third-order valence-electron chi connectivity index (χ3n) is 8.35. The Bertz CT molecular complexity index is 1680. The molecule has 0 bridgehead atoms. The minimum absolute atomic E-state index is 0.00432. The molecule has 3 aromatic rings. The number of nitrogens with zero attached hydrogens (tertiary/aromatic N) is 3. The van der Waals surface area contributed by atoms with Crippen LogP contribution in [0.2, 0.25) is 0 Å². The summed E-state index contributed by atoms with van der Waals surface area (Å²) in [5.41, 5.74) is -3.36. The van der Waals surface area contributed by atoms with Gasteiger partial charge in [-0.15, -0.1) is 11.3 Å². The van der Waals surface area contributed by atoms with Gasteiger partial charge in [0, 0.05) is 41.6 Å². The lowest BCUT2D eigenvalue weighted by atomic mass is 9.78. The van der Waals surface area contributed by atoms with Crippen molar-refractivity contribution >= 4 is 45.1 Å². The van der Waals surface area contributed by atoms with E-state index in [1.165, 1.54) is 0 Å². The number of pyridine rings is 1. The van der Waals surface area contributed by atoms with E-state index in [0.717, 1.165) is 27.4 Å². The average molecular weight is 749 g/mol. The smallest absolute Gasteiger partial charge is 0.425 e. The molecule has 8 nitrogen and oxygen atoms in total. The molecule has 5 rings (SSSR count). The lowest BCUT2D eigenvalue weighted by Crippen LogP contribution is -2.69. The number of hydrogen-bond donors (Lipinski definition) is 1. The first-order valence-electron chi connectivity index (χ1n) is 14.6. The molecule has 0 spiro atoms. The number of benzene rings is 1. The van der Waals surface area contributed by atoms with Crippen LogP contribution in [0.3, 0.4) is 0 Å². The molecule has 0 saturated carbocycles. The number of thiophene rings is 1. The second-order valence-corrected chi connectivity index (χ2v) is 13.1. The Balaban J connectivity index is 1.66. The topological polar surface area (TPSA) is 100 Å². The number of halogens is 7. The van der Waals surface area contributed by atoms with Crippen LogP contribution in [-0.2, 0) is 28.4 Å². The maximum absolute atomic E-state index is 14.9. The molecule has 2 aromatic heterocycles. The Morgan fingerprint density at radius 1 is 1.09 bits per heavy atom. The average Bonchev–Trinajstić information content (AvgIpc) is 3.49. The highest BCUT2D eigenvalue weighted by Gasteiger charge is 2.57. The number of fused-ring (bicyclic) bond motifs is 1. The van der Waals surface area contributed by atoms with Gasteiger partial charge in [-0.1, -0.05) is 35.3 Å². The molecule has 1 N–H and O–H groups in total. The van der Waals surface area contributed by atoms with Gasteiger partial charge in [0.05, 0.1) is 11.6 Å². The molecule has 2 amide bonds. The molecule has 3 atom stereocenters. The van der Waals surface area contributed by atoms with E-state index in [0.29, 0.717) is 39.1 Å². The van der Waals surface area contributed by atoms with E-state index in [1.807, 2.05) is 0 Å². The van der Waals surface area contributed by atoms with Crippen LogP contribution in [0.5, 0.6) is 5.75 Å². The van der Waals surface area contributed by atoms with Gasteiger partial charge < -0.3 is 19.6 Å². The summed E-state index contributed by atoms with van der Waals surface area (Å²) in [6.45, 7) is 1.50. The molecule has 4 heterocycles. The Labute approximate surface area is 277 Å². The van der Waals surface area contributed by atoms with Crippen LogP contribution in [0.15, 0.2) is 52.4 Å². The van der Waals surface area contributed by atoms with Gasteiger partial charge in [-0.2, -0.15) is 26.3 Å². The number of alkyl halides is 6. The van der Waals surface area contributed by atoms with Crippen molar-refractivity contribution < 1.29 is 50.6 Å². The predicted molar refractivity (Wildman–Crippen MR) is 161 cm³/mol. The molecular weight excluding hydrogens is 720 g/mol. The quantitative estimate of drug-likeness (QED) is 0.254. The minimum atomic E-state index is -4.94. The van der Waals surface area contributed by atoms with Crippen molar-refractivity contribution in [1.82, 2.24) is 14.8 Å². The van der Waals surface area contributed by atoms with Crippen molar-refractivity contribution in [3.63, 3.8) is 0 Å². The first-order chi connectivity index (χ1) is 22.1. The molecular formula is C31H28BrF6N3O5S. The number of carboxylic acids is 1. The molecule has 2 aliphatic rings. The van der Waals surface area contributed by atoms with Gasteiger partial charge in [0.15, 0.2) is 6.04 Å². The van der Waals surface area contributed by atoms with Gasteiger partial charge in [-0.3, -0.25) is 14.6 Å². The number of carbonyl (C=O) groups excluding carboxylic acids is 2. The largest absolute Gasteiger partial charge is 0.479 e. The van der Waals surface area contributed by atoms with E-state index in [-0.39, 0.29) is 50.9 Å². The highest BCUT2D eigenvalue weighted by Crippen LogP contribution is 2.44. The fourth-order valence-electron chi connectivity index (χ4n) is 6.39. The maximum atomic E-state index is 14.9. The summed E-state index contributed by atoms with van der Waals surface area (Å²) in [5, 5.41) is 11.4. The van der Waals surface area contributed by atoms with Gasteiger partial charge in [0.2, 0.25) is 5.60 Å². The zero-order valence-electron chi connectivity index (χ0n) is 24.7. The number of aromatic nitrogens is 1. The number of hydrogen-bond acceptors (Lipinski definition) is 6. The second kappa shape index (κ2) is 13.1. The number of rotatable bonds is 7. The molecule has 0 aliphatic carbocycles. The molecule has 47 heavy (non-hydrogen) atoms. The highest BCUT2D eigenvalue weighted by atomic mass is 79.9. The maximum Gasteiger partial charge on any atom is 0.425 e. The van der Waals surface area contributed by atoms with Gasteiger partial charge in [0.1, 0.15) is 16.3 Å². The van der Waals surface area contributed by atoms with Crippen LogP contribution in [0, 0.1) is 0 Å². The molecule has 0 unspecified atom stereocenters. The third-order valence-corrected chi connectivity index (χ3v) is 9.79. The predicted octanol–water partition coefficient (Wildman–Crippen LogP) is 7.38. The first-order valence-corrected chi connectivity index (χ1v) is 16.3. The number of amides is 2. The lowest BCUT2D eigenvalue weighted by Gasteiger charge is -2.51. The molecule has 1 aromatic carbocycles. The number of carboxylic acid groups (broad SMARTS) is 1.